The van der Waals surface area contributed by atoms with Gasteiger partial charge in [-0.1, -0.05) is 60.7 Å². The van der Waals surface area contributed by atoms with E-state index in [-0.39, 0.29) is 5.56 Å². The van der Waals surface area contributed by atoms with Crippen LogP contribution in [0.4, 0.5) is 0 Å². The number of benzene rings is 2. The van der Waals surface area contributed by atoms with Crippen LogP contribution >= 0.6 is 11.3 Å². The molecule has 5 nitrogen and oxygen atoms in total. The van der Waals surface area contributed by atoms with Crippen LogP contribution in [0.15, 0.2) is 65.5 Å². The highest BCUT2D eigenvalue weighted by molar-refractivity contribution is 7.19. The highest BCUT2D eigenvalue weighted by atomic mass is 32.1. The van der Waals surface area contributed by atoms with E-state index in [0.717, 1.165) is 21.6 Å². The minimum Gasteiger partial charge on any atom is -0.480 e. The number of carbonyl (C=O) groups is 1. The van der Waals surface area contributed by atoms with Crippen molar-refractivity contribution in [2.24, 2.45) is 0 Å². The third kappa shape index (κ3) is 3.33. The molecule has 2 heterocycles. The van der Waals surface area contributed by atoms with Crippen molar-refractivity contribution in [3.8, 4) is 11.1 Å². The molecule has 0 unspecified atom stereocenters. The minimum atomic E-state index is -1.44. The number of aryl methyl sites for hydroxylation is 1. The minimum absolute atomic E-state index is 0.318. The zero-order valence-corrected chi connectivity index (χ0v) is 17.9. The Morgan fingerprint density at radius 1 is 1.07 bits per heavy atom. The van der Waals surface area contributed by atoms with Crippen molar-refractivity contribution in [3.05, 3.63) is 87.3 Å². The number of hydrogen-bond acceptors (Lipinski definition) is 4. The molecule has 6 heteroatoms. The van der Waals surface area contributed by atoms with Gasteiger partial charge in [-0.3, -0.25) is 9.36 Å². The number of aromatic nitrogens is 2. The van der Waals surface area contributed by atoms with E-state index in [1.54, 1.807) is 13.8 Å². The summed E-state index contributed by atoms with van der Waals surface area (Å²) in [7, 11) is 0. The molecule has 2 aromatic heterocycles. The lowest BCUT2D eigenvalue weighted by molar-refractivity contribution is -0.146. The first-order valence-corrected chi connectivity index (χ1v) is 10.5. The van der Waals surface area contributed by atoms with Crippen LogP contribution in [0.2, 0.25) is 0 Å². The summed E-state index contributed by atoms with van der Waals surface area (Å²) >= 11 is 1.47. The first-order valence-electron chi connectivity index (χ1n) is 9.69. The number of aliphatic carboxylic acids is 1. The molecule has 0 saturated carbocycles. The number of carboxylic acid groups (broad SMARTS) is 1. The summed E-state index contributed by atoms with van der Waals surface area (Å²) in [5, 5.41) is 10.4. The van der Waals surface area contributed by atoms with Gasteiger partial charge in [0.1, 0.15) is 16.2 Å². The van der Waals surface area contributed by atoms with E-state index < -0.39 is 11.5 Å². The van der Waals surface area contributed by atoms with Crippen LogP contribution in [0.5, 0.6) is 0 Å². The Labute approximate surface area is 178 Å². The van der Waals surface area contributed by atoms with Crippen LogP contribution < -0.4 is 5.56 Å². The number of rotatable bonds is 5. The summed E-state index contributed by atoms with van der Waals surface area (Å²) in [5.74, 6) is -0.625. The fourth-order valence-corrected chi connectivity index (χ4v) is 4.78. The number of carboxylic acids is 1. The van der Waals surface area contributed by atoms with Gasteiger partial charge >= 0.3 is 5.97 Å². The Balaban J connectivity index is 2.05. The van der Waals surface area contributed by atoms with Crippen molar-refractivity contribution < 1.29 is 9.90 Å². The molecule has 0 radical (unpaired) electrons. The highest BCUT2D eigenvalue weighted by Gasteiger charge is 2.34. The number of thiophene rings is 1. The van der Waals surface area contributed by atoms with Crippen LogP contribution in [0, 0.1) is 6.92 Å². The molecular formula is C24H22N2O3S. The maximum absolute atomic E-state index is 13.8. The second-order valence-corrected chi connectivity index (χ2v) is 8.98. The third-order valence-electron chi connectivity index (χ3n) is 5.32. The van der Waals surface area contributed by atoms with Crippen LogP contribution in [0.25, 0.3) is 21.3 Å². The number of fused-ring (bicyclic) bond motifs is 1. The van der Waals surface area contributed by atoms with Crippen molar-refractivity contribution in [2.75, 3.05) is 0 Å². The zero-order chi connectivity index (χ0) is 21.5. The van der Waals surface area contributed by atoms with Crippen LogP contribution in [-0.4, -0.2) is 20.6 Å². The van der Waals surface area contributed by atoms with Gasteiger partial charge < -0.3 is 5.11 Å². The molecule has 0 bridgehead atoms. The van der Waals surface area contributed by atoms with E-state index in [1.807, 2.05) is 67.6 Å². The predicted molar refractivity (Wildman–Crippen MR) is 120 cm³/mol. The lowest BCUT2D eigenvalue weighted by Gasteiger charge is -2.25. The smallest absolute Gasteiger partial charge is 0.329 e. The van der Waals surface area contributed by atoms with Gasteiger partial charge in [-0.05, 0) is 31.9 Å². The summed E-state index contributed by atoms with van der Waals surface area (Å²) < 4.78 is 1.35. The fraction of sp³-hybridized carbons (Fsp3) is 0.208. The molecule has 4 aromatic rings. The molecule has 30 heavy (non-hydrogen) atoms. The topological polar surface area (TPSA) is 72.2 Å². The first-order chi connectivity index (χ1) is 14.3. The number of hydrogen-bond donors (Lipinski definition) is 1. The van der Waals surface area contributed by atoms with E-state index >= 15 is 0 Å². The van der Waals surface area contributed by atoms with Gasteiger partial charge in [-0.25, -0.2) is 9.78 Å². The van der Waals surface area contributed by atoms with Gasteiger partial charge in [-0.15, -0.1) is 11.3 Å². The van der Waals surface area contributed by atoms with Crippen molar-refractivity contribution >= 4 is 27.5 Å². The average molecular weight is 419 g/mol. The molecule has 0 aliphatic carbocycles. The van der Waals surface area contributed by atoms with Crippen molar-refractivity contribution in [3.63, 3.8) is 0 Å². The van der Waals surface area contributed by atoms with Crippen molar-refractivity contribution in [1.82, 2.24) is 9.55 Å². The Morgan fingerprint density at radius 3 is 2.27 bits per heavy atom. The van der Waals surface area contributed by atoms with Crippen LogP contribution in [0.3, 0.4) is 0 Å². The van der Waals surface area contributed by atoms with E-state index in [0.29, 0.717) is 22.5 Å². The van der Waals surface area contributed by atoms with Gasteiger partial charge in [0.15, 0.2) is 0 Å². The van der Waals surface area contributed by atoms with E-state index in [4.69, 9.17) is 4.98 Å². The highest BCUT2D eigenvalue weighted by Crippen LogP contribution is 2.36. The second kappa shape index (κ2) is 7.54. The predicted octanol–water partition coefficient (Wildman–Crippen LogP) is 4.84. The summed E-state index contributed by atoms with van der Waals surface area (Å²) in [6, 6.07) is 19.3. The Bertz CT molecular complexity index is 1290. The van der Waals surface area contributed by atoms with Gasteiger partial charge in [0, 0.05) is 16.9 Å². The molecule has 0 fully saturated rings. The normalized spacial score (nSPS) is 11.7. The molecule has 0 saturated heterocycles. The molecule has 0 amide bonds. The van der Waals surface area contributed by atoms with Gasteiger partial charge in [0.25, 0.3) is 5.56 Å². The SMILES string of the molecule is Cc1sc2nc(Cc3ccccc3)n(C(C)(C)C(=O)O)c(=O)c2c1-c1ccccc1. The molecule has 1 N–H and O–H groups in total. The lowest BCUT2D eigenvalue weighted by Crippen LogP contribution is -2.45. The molecule has 0 atom stereocenters. The summed E-state index contributed by atoms with van der Waals surface area (Å²) in [4.78, 5) is 32.3. The van der Waals surface area contributed by atoms with E-state index in [2.05, 4.69) is 0 Å². The summed E-state index contributed by atoms with van der Waals surface area (Å²) in [6.07, 6.45) is 0.375. The summed E-state index contributed by atoms with van der Waals surface area (Å²) in [5.41, 5.74) is 0.966. The lowest BCUT2D eigenvalue weighted by atomic mass is 10.0. The summed E-state index contributed by atoms with van der Waals surface area (Å²) in [6.45, 7) is 5.05. The zero-order valence-electron chi connectivity index (χ0n) is 17.0. The standard InChI is InChI=1S/C24H22N2O3S/c1-15-19(17-12-8-5-9-13-17)20-21(30-15)25-18(14-16-10-6-4-7-11-16)26(22(20)27)24(2,3)23(28)29/h4-13H,14H2,1-3H3,(H,28,29). The van der Waals surface area contributed by atoms with Gasteiger partial charge in [-0.2, -0.15) is 0 Å². The maximum Gasteiger partial charge on any atom is 0.329 e. The van der Waals surface area contributed by atoms with Crippen molar-refractivity contribution in [1.29, 1.82) is 0 Å². The quantitative estimate of drug-likeness (QED) is 0.503. The molecule has 0 aliphatic rings. The van der Waals surface area contributed by atoms with Gasteiger partial charge in [0.2, 0.25) is 0 Å². The maximum atomic E-state index is 13.8. The third-order valence-corrected chi connectivity index (χ3v) is 6.32. The largest absolute Gasteiger partial charge is 0.480 e. The van der Waals surface area contributed by atoms with E-state index in [9.17, 15) is 14.7 Å². The average Bonchev–Trinajstić information content (AvgIpc) is 3.05. The van der Waals surface area contributed by atoms with Crippen LogP contribution in [0.1, 0.15) is 30.1 Å². The molecule has 0 aliphatic heterocycles. The van der Waals surface area contributed by atoms with Crippen molar-refractivity contribution in [2.45, 2.75) is 32.7 Å². The van der Waals surface area contributed by atoms with Gasteiger partial charge in [0.05, 0.1) is 5.39 Å². The molecular weight excluding hydrogens is 396 g/mol. The Hall–Kier alpha value is -3.25. The Morgan fingerprint density at radius 2 is 1.67 bits per heavy atom. The number of nitrogens with zero attached hydrogens (tertiary/aromatic N) is 2. The second-order valence-electron chi connectivity index (χ2n) is 7.77. The van der Waals surface area contributed by atoms with E-state index in [1.165, 1.54) is 15.9 Å². The Kier molecular flexibility index (Phi) is 5.03. The molecule has 0 spiro atoms. The molecule has 2 aromatic carbocycles. The van der Waals surface area contributed by atoms with Crippen LogP contribution in [-0.2, 0) is 16.8 Å². The first kappa shape index (κ1) is 20.0. The fourth-order valence-electron chi connectivity index (χ4n) is 3.72. The monoisotopic (exact) mass is 418 g/mol. The molecule has 152 valence electrons. The molecule has 4 rings (SSSR count).